The Bertz CT molecular complexity index is 1130. The van der Waals surface area contributed by atoms with Crippen LogP contribution in [0.4, 0.5) is 18.9 Å². The van der Waals surface area contributed by atoms with Crippen molar-refractivity contribution in [3.63, 3.8) is 0 Å². The maximum atomic E-state index is 12.8. The summed E-state index contributed by atoms with van der Waals surface area (Å²) in [5.41, 5.74) is -1.62. The molecule has 160 valence electrons. The van der Waals surface area contributed by atoms with E-state index >= 15 is 0 Å². The van der Waals surface area contributed by atoms with Crippen molar-refractivity contribution in [1.29, 1.82) is 0 Å². The van der Waals surface area contributed by atoms with Crippen LogP contribution in [0.15, 0.2) is 54.7 Å². The number of benzene rings is 2. The van der Waals surface area contributed by atoms with E-state index in [1.807, 2.05) is 0 Å². The highest BCUT2D eigenvalue weighted by atomic mass is 35.5. The highest BCUT2D eigenvalue weighted by molar-refractivity contribution is 6.32. The van der Waals surface area contributed by atoms with Crippen LogP contribution >= 0.6 is 11.6 Å². The Labute approximate surface area is 177 Å². The summed E-state index contributed by atoms with van der Waals surface area (Å²) in [6.07, 6.45) is -3.17. The first-order valence-corrected chi connectivity index (χ1v) is 8.79. The molecule has 1 heterocycles. The predicted octanol–water partition coefficient (Wildman–Crippen LogP) is 5.21. The Kier molecular flexibility index (Phi) is 6.35. The minimum absolute atomic E-state index is 0.0706. The molecule has 2 aromatic carbocycles. The van der Waals surface area contributed by atoms with Gasteiger partial charge < -0.3 is 9.47 Å². The van der Waals surface area contributed by atoms with E-state index in [-0.39, 0.29) is 23.1 Å². The monoisotopic (exact) mass is 453 g/mol. The second-order valence-corrected chi connectivity index (χ2v) is 6.38. The number of rotatable bonds is 6. The number of carbonyl (C=O) groups is 1. The first kappa shape index (κ1) is 22.0. The average Bonchev–Trinajstić information content (AvgIpc) is 2.73. The molecular weight excluding hydrogens is 443 g/mol. The molecule has 12 heteroatoms. The first-order chi connectivity index (χ1) is 14.6. The third-order valence-electron chi connectivity index (χ3n) is 3.85. The Morgan fingerprint density at radius 2 is 1.94 bits per heavy atom. The number of hydrogen-bond donors (Lipinski definition) is 0. The van der Waals surface area contributed by atoms with Crippen molar-refractivity contribution in [3.8, 4) is 11.5 Å². The number of nitro groups is 1. The molecular formula is C19H11ClF3N3O5. The van der Waals surface area contributed by atoms with Gasteiger partial charge in [0.05, 0.1) is 15.5 Å². The van der Waals surface area contributed by atoms with E-state index in [0.29, 0.717) is 11.8 Å². The number of carbonyl (C=O) groups excluding carboxylic acids is 1. The van der Waals surface area contributed by atoms with Crippen LogP contribution < -0.4 is 4.74 Å². The molecule has 0 saturated heterocycles. The van der Waals surface area contributed by atoms with Crippen LogP contribution in [0.1, 0.15) is 21.6 Å². The van der Waals surface area contributed by atoms with E-state index in [2.05, 4.69) is 10.2 Å². The molecule has 0 aliphatic heterocycles. The van der Waals surface area contributed by atoms with Crippen LogP contribution in [0.3, 0.4) is 0 Å². The summed E-state index contributed by atoms with van der Waals surface area (Å²) in [7, 11) is 0. The number of hydrogen-bond acceptors (Lipinski definition) is 7. The number of nitrogens with zero attached hydrogens (tertiary/aromatic N) is 3. The smallest absolute Gasteiger partial charge is 0.416 e. The molecule has 3 rings (SSSR count). The van der Waals surface area contributed by atoms with Crippen LogP contribution in [0.2, 0.25) is 5.02 Å². The van der Waals surface area contributed by atoms with Gasteiger partial charge in [-0.1, -0.05) is 11.6 Å². The summed E-state index contributed by atoms with van der Waals surface area (Å²) in [6, 6.07) is 8.77. The van der Waals surface area contributed by atoms with Crippen molar-refractivity contribution in [2.24, 2.45) is 0 Å². The molecule has 0 aliphatic rings. The van der Waals surface area contributed by atoms with Gasteiger partial charge in [-0.25, -0.2) is 4.79 Å². The van der Waals surface area contributed by atoms with Crippen molar-refractivity contribution < 1.29 is 32.4 Å². The Morgan fingerprint density at radius 1 is 1.16 bits per heavy atom. The third kappa shape index (κ3) is 5.45. The minimum atomic E-state index is -4.59. The van der Waals surface area contributed by atoms with Crippen LogP contribution in [-0.2, 0) is 17.5 Å². The zero-order valence-corrected chi connectivity index (χ0v) is 16.1. The van der Waals surface area contributed by atoms with Gasteiger partial charge in [-0.2, -0.15) is 23.4 Å². The van der Waals surface area contributed by atoms with E-state index < -0.39 is 33.9 Å². The molecule has 0 N–H and O–H groups in total. The van der Waals surface area contributed by atoms with Gasteiger partial charge in [0.2, 0.25) is 0 Å². The largest absolute Gasteiger partial charge is 0.456 e. The van der Waals surface area contributed by atoms with Crippen molar-refractivity contribution in [2.75, 3.05) is 0 Å². The van der Waals surface area contributed by atoms with Gasteiger partial charge in [0, 0.05) is 18.3 Å². The fourth-order valence-electron chi connectivity index (χ4n) is 2.42. The van der Waals surface area contributed by atoms with Crippen molar-refractivity contribution in [1.82, 2.24) is 10.2 Å². The van der Waals surface area contributed by atoms with Gasteiger partial charge in [-0.3, -0.25) is 10.1 Å². The molecule has 0 bridgehead atoms. The quantitative estimate of drug-likeness (QED) is 0.287. The number of nitro benzene ring substituents is 1. The van der Waals surface area contributed by atoms with Gasteiger partial charge in [-0.05, 0) is 36.4 Å². The fourth-order valence-corrected chi connectivity index (χ4v) is 2.64. The molecule has 8 nitrogen and oxygen atoms in total. The predicted molar refractivity (Wildman–Crippen MR) is 101 cm³/mol. The minimum Gasteiger partial charge on any atom is -0.456 e. The van der Waals surface area contributed by atoms with E-state index in [9.17, 15) is 28.1 Å². The van der Waals surface area contributed by atoms with E-state index in [4.69, 9.17) is 21.1 Å². The normalized spacial score (nSPS) is 11.1. The summed E-state index contributed by atoms with van der Waals surface area (Å²) >= 11 is 5.85. The topological polar surface area (TPSA) is 104 Å². The van der Waals surface area contributed by atoms with Gasteiger partial charge in [0.15, 0.2) is 0 Å². The summed E-state index contributed by atoms with van der Waals surface area (Å²) in [4.78, 5) is 22.9. The number of halogens is 4. The SMILES string of the molecule is O=C(OCc1cccnn1)c1cc(Oc2ccc(C(F)(F)F)cc2Cl)ccc1[N+](=O)[O-]. The fraction of sp³-hybridized carbons (Fsp3) is 0.105. The Balaban J connectivity index is 1.84. The lowest BCUT2D eigenvalue weighted by molar-refractivity contribution is -0.385. The van der Waals surface area contributed by atoms with Gasteiger partial charge >= 0.3 is 12.1 Å². The molecule has 0 unspecified atom stereocenters. The van der Waals surface area contributed by atoms with Crippen LogP contribution in [0.25, 0.3) is 0 Å². The molecule has 1 aromatic heterocycles. The zero-order chi connectivity index (χ0) is 22.6. The van der Waals surface area contributed by atoms with Crippen molar-refractivity contribution in [2.45, 2.75) is 12.8 Å². The van der Waals surface area contributed by atoms with E-state index in [1.54, 1.807) is 12.1 Å². The number of aromatic nitrogens is 2. The third-order valence-corrected chi connectivity index (χ3v) is 4.15. The maximum Gasteiger partial charge on any atom is 0.416 e. The zero-order valence-electron chi connectivity index (χ0n) is 15.3. The standard InChI is InChI=1S/C19H11ClF3N3O5/c20-15-8-11(19(21,22)23)3-6-17(15)31-13-4-5-16(26(28)29)14(9-13)18(27)30-10-12-2-1-7-24-25-12/h1-9H,10H2. The molecule has 0 aliphatic carbocycles. The van der Waals surface area contributed by atoms with Crippen molar-refractivity contribution in [3.05, 3.63) is 86.7 Å². The van der Waals surface area contributed by atoms with E-state index in [0.717, 1.165) is 24.3 Å². The lowest BCUT2D eigenvalue weighted by atomic mass is 10.1. The summed E-state index contributed by atoms with van der Waals surface area (Å²) < 4.78 is 48.7. The highest BCUT2D eigenvalue weighted by Crippen LogP contribution is 2.37. The maximum absolute atomic E-state index is 12.8. The lowest BCUT2D eigenvalue weighted by Gasteiger charge is -2.12. The van der Waals surface area contributed by atoms with Gasteiger partial charge in [0.1, 0.15) is 29.4 Å². The highest BCUT2D eigenvalue weighted by Gasteiger charge is 2.31. The van der Waals surface area contributed by atoms with Crippen LogP contribution in [-0.4, -0.2) is 21.1 Å². The molecule has 3 aromatic rings. The van der Waals surface area contributed by atoms with E-state index in [1.165, 1.54) is 12.3 Å². The lowest BCUT2D eigenvalue weighted by Crippen LogP contribution is -2.09. The molecule has 0 fully saturated rings. The number of ether oxygens (including phenoxy) is 2. The molecule has 0 amide bonds. The summed E-state index contributed by atoms with van der Waals surface area (Å²) in [5, 5.41) is 18.3. The van der Waals surface area contributed by atoms with Gasteiger partial charge in [-0.15, -0.1) is 0 Å². The first-order valence-electron chi connectivity index (χ1n) is 8.42. The molecule has 0 saturated carbocycles. The molecule has 0 atom stereocenters. The molecule has 0 radical (unpaired) electrons. The molecule has 0 spiro atoms. The second-order valence-electron chi connectivity index (χ2n) is 5.97. The summed E-state index contributed by atoms with van der Waals surface area (Å²) in [5.74, 6) is -1.23. The summed E-state index contributed by atoms with van der Waals surface area (Å²) in [6.45, 7) is -0.278. The van der Waals surface area contributed by atoms with Crippen molar-refractivity contribution >= 4 is 23.3 Å². The number of esters is 1. The van der Waals surface area contributed by atoms with Crippen LogP contribution in [0.5, 0.6) is 11.5 Å². The average molecular weight is 454 g/mol. The second kappa shape index (κ2) is 8.96. The Hall–Kier alpha value is -3.73. The number of alkyl halides is 3. The Morgan fingerprint density at radius 3 is 2.55 bits per heavy atom. The molecule has 31 heavy (non-hydrogen) atoms. The van der Waals surface area contributed by atoms with Crippen LogP contribution in [0, 0.1) is 10.1 Å². The van der Waals surface area contributed by atoms with Gasteiger partial charge in [0.25, 0.3) is 5.69 Å².